The molecule has 0 aliphatic heterocycles. The van der Waals surface area contributed by atoms with Gasteiger partial charge in [0.2, 0.25) is 0 Å². The van der Waals surface area contributed by atoms with E-state index in [1.54, 1.807) is 0 Å². The van der Waals surface area contributed by atoms with Gasteiger partial charge in [0.15, 0.2) is 0 Å². The smallest absolute Gasteiger partial charge is 0.142 e. The summed E-state index contributed by atoms with van der Waals surface area (Å²) in [7, 11) is 0. The number of aryl methyl sites for hydroxylation is 1. The van der Waals surface area contributed by atoms with E-state index in [0.717, 1.165) is 46.5 Å². The molecule has 0 bridgehead atoms. The Morgan fingerprint density at radius 3 is 2.41 bits per heavy atom. The number of nitrogens with zero attached hydrogens (tertiary/aromatic N) is 2. The first-order valence-electron chi connectivity index (χ1n) is 9.10. The number of pyridine rings is 1. The second kappa shape index (κ2) is 8.37. The highest BCUT2D eigenvalue weighted by Crippen LogP contribution is 2.33. The molecule has 0 radical (unpaired) electrons. The maximum absolute atomic E-state index is 9.61. The molecular formula is C23H23N3O. The molecule has 0 amide bonds. The molecule has 0 saturated carbocycles. The predicted octanol–water partition coefficient (Wildman–Crippen LogP) is 5.04. The van der Waals surface area contributed by atoms with Crippen LogP contribution in [-0.2, 0) is 13.0 Å². The fraction of sp³-hybridized carbons (Fsp3) is 0.217. The molecule has 0 saturated heterocycles. The summed E-state index contributed by atoms with van der Waals surface area (Å²) >= 11 is 0. The second-order valence-corrected chi connectivity index (χ2v) is 6.47. The molecule has 2 aromatic carbocycles. The summed E-state index contributed by atoms with van der Waals surface area (Å²) in [4.78, 5) is 4.36. The van der Waals surface area contributed by atoms with Crippen molar-refractivity contribution in [3.63, 3.8) is 0 Å². The molecule has 0 spiro atoms. The van der Waals surface area contributed by atoms with E-state index in [-0.39, 0.29) is 5.82 Å². The van der Waals surface area contributed by atoms with Crippen molar-refractivity contribution in [2.24, 2.45) is 0 Å². The molecule has 0 unspecified atom stereocenters. The average Bonchev–Trinajstić information content (AvgIpc) is 2.69. The van der Waals surface area contributed by atoms with Crippen LogP contribution in [0, 0.1) is 18.3 Å². The van der Waals surface area contributed by atoms with Crippen LogP contribution in [0.4, 0.5) is 5.82 Å². The first kappa shape index (κ1) is 18.5. The molecule has 3 rings (SSSR count). The zero-order valence-corrected chi connectivity index (χ0v) is 15.7. The first-order valence-corrected chi connectivity index (χ1v) is 9.10. The largest absolute Gasteiger partial charge is 0.489 e. The molecule has 1 heterocycles. The third kappa shape index (κ3) is 4.09. The molecule has 3 aromatic rings. The van der Waals surface area contributed by atoms with E-state index in [0.29, 0.717) is 12.2 Å². The van der Waals surface area contributed by atoms with Crippen molar-refractivity contribution in [2.45, 2.75) is 33.3 Å². The number of benzene rings is 2. The SMILES string of the molecule is CCCc1c(C)nc(N)c(C#N)c1-c1ccc(OCc2ccccc2)cc1. The number of hydrogen-bond acceptors (Lipinski definition) is 4. The van der Waals surface area contributed by atoms with Gasteiger partial charge in [0.1, 0.15) is 29.8 Å². The van der Waals surface area contributed by atoms with Crippen molar-refractivity contribution in [2.75, 3.05) is 5.73 Å². The maximum atomic E-state index is 9.61. The minimum absolute atomic E-state index is 0.286. The number of nitriles is 1. The van der Waals surface area contributed by atoms with Crippen LogP contribution in [0.5, 0.6) is 5.75 Å². The molecule has 0 aliphatic carbocycles. The van der Waals surface area contributed by atoms with E-state index in [2.05, 4.69) is 18.0 Å². The van der Waals surface area contributed by atoms with E-state index in [9.17, 15) is 5.26 Å². The zero-order chi connectivity index (χ0) is 19.2. The van der Waals surface area contributed by atoms with Crippen LogP contribution in [0.2, 0.25) is 0 Å². The van der Waals surface area contributed by atoms with Gasteiger partial charge in [-0.25, -0.2) is 4.98 Å². The number of hydrogen-bond donors (Lipinski definition) is 1. The quantitative estimate of drug-likeness (QED) is 0.670. The minimum atomic E-state index is 0.286. The molecule has 136 valence electrons. The first-order chi connectivity index (χ1) is 13.1. The topological polar surface area (TPSA) is 71.9 Å². The Labute approximate surface area is 160 Å². The Bertz CT molecular complexity index is 958. The van der Waals surface area contributed by atoms with Crippen molar-refractivity contribution in [3.05, 3.63) is 77.0 Å². The summed E-state index contributed by atoms with van der Waals surface area (Å²) in [5.74, 6) is 1.08. The fourth-order valence-corrected chi connectivity index (χ4v) is 3.21. The summed E-state index contributed by atoms with van der Waals surface area (Å²) in [5, 5.41) is 9.61. The molecule has 2 N–H and O–H groups in total. The Morgan fingerprint density at radius 1 is 1.07 bits per heavy atom. The van der Waals surface area contributed by atoms with Crippen LogP contribution in [0.1, 0.15) is 35.7 Å². The molecule has 0 fully saturated rings. The Morgan fingerprint density at radius 2 is 1.78 bits per heavy atom. The van der Waals surface area contributed by atoms with Crippen molar-refractivity contribution in [3.8, 4) is 22.9 Å². The van der Waals surface area contributed by atoms with Gasteiger partial charge in [-0.05, 0) is 42.2 Å². The van der Waals surface area contributed by atoms with Crippen LogP contribution in [0.3, 0.4) is 0 Å². The number of nitrogen functional groups attached to an aromatic ring is 1. The highest BCUT2D eigenvalue weighted by Gasteiger charge is 2.17. The monoisotopic (exact) mass is 357 g/mol. The minimum Gasteiger partial charge on any atom is -0.489 e. The van der Waals surface area contributed by atoms with Crippen molar-refractivity contribution in [1.82, 2.24) is 4.98 Å². The maximum Gasteiger partial charge on any atom is 0.142 e. The Balaban J connectivity index is 1.92. The summed E-state index contributed by atoms with van der Waals surface area (Å²) in [6, 6.07) is 20.1. The van der Waals surface area contributed by atoms with Crippen molar-refractivity contribution < 1.29 is 4.74 Å². The van der Waals surface area contributed by atoms with Gasteiger partial charge < -0.3 is 10.5 Å². The van der Waals surface area contributed by atoms with Crippen molar-refractivity contribution in [1.29, 1.82) is 5.26 Å². The number of anilines is 1. The number of nitrogens with two attached hydrogens (primary N) is 1. The van der Waals surface area contributed by atoms with Crippen LogP contribution in [0.25, 0.3) is 11.1 Å². The molecule has 0 aliphatic rings. The summed E-state index contributed by atoms with van der Waals surface area (Å²) in [5.41, 5.74) is 11.4. The third-order valence-corrected chi connectivity index (χ3v) is 4.54. The van der Waals surface area contributed by atoms with E-state index >= 15 is 0 Å². The third-order valence-electron chi connectivity index (χ3n) is 4.54. The lowest BCUT2D eigenvalue weighted by atomic mass is 9.92. The van der Waals surface area contributed by atoms with Gasteiger partial charge in [0, 0.05) is 11.3 Å². The van der Waals surface area contributed by atoms with Crippen molar-refractivity contribution >= 4 is 5.82 Å². The van der Waals surface area contributed by atoms with Gasteiger partial charge in [-0.1, -0.05) is 55.8 Å². The molecule has 27 heavy (non-hydrogen) atoms. The van der Waals surface area contributed by atoms with E-state index in [4.69, 9.17) is 10.5 Å². The number of rotatable bonds is 6. The van der Waals surface area contributed by atoms with Gasteiger partial charge >= 0.3 is 0 Å². The molecular weight excluding hydrogens is 334 g/mol. The fourth-order valence-electron chi connectivity index (χ4n) is 3.21. The van der Waals surface area contributed by atoms with Gasteiger partial charge in [-0.3, -0.25) is 0 Å². The van der Waals surface area contributed by atoms with E-state index in [1.165, 1.54) is 0 Å². The second-order valence-electron chi connectivity index (χ2n) is 6.47. The summed E-state index contributed by atoms with van der Waals surface area (Å²) in [6.07, 6.45) is 1.83. The normalized spacial score (nSPS) is 10.4. The molecule has 0 atom stereocenters. The Kier molecular flexibility index (Phi) is 5.73. The lowest BCUT2D eigenvalue weighted by Crippen LogP contribution is -2.05. The van der Waals surface area contributed by atoms with Crippen LogP contribution >= 0.6 is 0 Å². The van der Waals surface area contributed by atoms with Crippen LogP contribution in [0.15, 0.2) is 54.6 Å². The predicted molar refractivity (Wildman–Crippen MR) is 108 cm³/mol. The standard InChI is InChI=1S/C23H23N3O/c1-3-7-20-16(2)26-23(25)21(14-24)22(20)18-10-12-19(13-11-18)27-15-17-8-5-4-6-9-17/h4-6,8-13H,3,7,15H2,1-2H3,(H2,25,26). The summed E-state index contributed by atoms with van der Waals surface area (Å²) < 4.78 is 5.86. The Hall–Kier alpha value is -3.32. The number of ether oxygens (including phenoxy) is 1. The molecule has 4 heteroatoms. The highest BCUT2D eigenvalue weighted by molar-refractivity contribution is 5.79. The van der Waals surface area contributed by atoms with Crippen LogP contribution in [-0.4, -0.2) is 4.98 Å². The van der Waals surface area contributed by atoms with Gasteiger partial charge in [-0.2, -0.15) is 5.26 Å². The van der Waals surface area contributed by atoms with Gasteiger partial charge in [-0.15, -0.1) is 0 Å². The van der Waals surface area contributed by atoms with E-state index in [1.807, 2.05) is 61.5 Å². The van der Waals surface area contributed by atoms with Gasteiger partial charge in [0.05, 0.1) is 0 Å². The van der Waals surface area contributed by atoms with Gasteiger partial charge in [0.25, 0.3) is 0 Å². The average molecular weight is 357 g/mol. The molecule has 4 nitrogen and oxygen atoms in total. The highest BCUT2D eigenvalue weighted by atomic mass is 16.5. The van der Waals surface area contributed by atoms with E-state index < -0.39 is 0 Å². The lowest BCUT2D eigenvalue weighted by Gasteiger charge is -2.16. The van der Waals surface area contributed by atoms with Crippen LogP contribution < -0.4 is 10.5 Å². The molecule has 1 aromatic heterocycles. The number of aromatic nitrogens is 1. The summed E-state index contributed by atoms with van der Waals surface area (Å²) in [6.45, 7) is 4.58. The zero-order valence-electron chi connectivity index (χ0n) is 15.7. The lowest BCUT2D eigenvalue weighted by molar-refractivity contribution is 0.306.